The molecule has 0 fully saturated rings. The third kappa shape index (κ3) is 6.66. The Balaban J connectivity index is 1.50. The number of allylic oxidation sites excluding steroid dienone is 4. The number of hydrogen-bond acceptors (Lipinski definition) is 2. The number of pyridine rings is 1. The second-order valence-corrected chi connectivity index (χ2v) is 17.5. The quantitative estimate of drug-likeness (QED) is 0.107. The maximum atomic E-state index is 4.58. The van der Waals surface area contributed by atoms with Crippen molar-refractivity contribution >= 4 is 30.3 Å². The van der Waals surface area contributed by atoms with E-state index in [-0.39, 0.29) is 6.04 Å². The predicted octanol–water partition coefficient (Wildman–Crippen LogP) is 9.50. The standard InChI is InChI=1S/C38H44N3Si/c1-7-15-28(2)22-24-34-32-18-11-12-19-33(32)37-25-23-31(42(4,5)6)27-41(37)38(34)26-29(3)39-35-20-13-14-21-36(35)40-30-16-9-8-10-17-30/h7-21,23,25,27,34,38-40H,2-3,22,24,26H2,1,4-6H3/q+1/b15-7-. The summed E-state index contributed by atoms with van der Waals surface area (Å²) in [6.45, 7) is 18.3. The van der Waals surface area contributed by atoms with E-state index in [2.05, 4.69) is 146 Å². The molecule has 4 heteroatoms. The molecule has 0 saturated heterocycles. The monoisotopic (exact) mass is 570 g/mol. The second-order valence-electron chi connectivity index (χ2n) is 12.4. The first-order chi connectivity index (χ1) is 20.2. The highest BCUT2D eigenvalue weighted by Crippen LogP contribution is 2.43. The molecule has 0 radical (unpaired) electrons. The predicted molar refractivity (Wildman–Crippen MR) is 184 cm³/mol. The van der Waals surface area contributed by atoms with Crippen molar-refractivity contribution in [3.05, 3.63) is 139 Å². The Hall–Kier alpha value is -4.15. The van der Waals surface area contributed by atoms with Gasteiger partial charge in [-0.1, -0.05) is 105 Å². The van der Waals surface area contributed by atoms with E-state index in [1.54, 1.807) is 0 Å². The molecular weight excluding hydrogens is 527 g/mol. The number of fused-ring (bicyclic) bond motifs is 3. The molecule has 0 saturated carbocycles. The van der Waals surface area contributed by atoms with E-state index in [9.17, 15) is 0 Å². The third-order valence-electron chi connectivity index (χ3n) is 8.23. The van der Waals surface area contributed by atoms with Crippen LogP contribution in [0.25, 0.3) is 11.3 Å². The average Bonchev–Trinajstić information content (AvgIpc) is 2.98. The Kier molecular flexibility index (Phi) is 8.93. The Morgan fingerprint density at radius 3 is 2.29 bits per heavy atom. The van der Waals surface area contributed by atoms with Gasteiger partial charge in [-0.05, 0) is 55.7 Å². The van der Waals surface area contributed by atoms with Crippen molar-refractivity contribution in [1.29, 1.82) is 0 Å². The fraction of sp³-hybridized carbons (Fsp3) is 0.237. The van der Waals surface area contributed by atoms with E-state index in [1.807, 2.05) is 18.2 Å². The van der Waals surface area contributed by atoms with Crippen LogP contribution in [0, 0.1) is 0 Å². The first kappa shape index (κ1) is 29.3. The fourth-order valence-electron chi connectivity index (χ4n) is 6.04. The Morgan fingerprint density at radius 1 is 0.857 bits per heavy atom. The fourth-order valence-corrected chi connectivity index (χ4v) is 7.15. The number of hydrogen-bond donors (Lipinski definition) is 2. The van der Waals surface area contributed by atoms with E-state index < -0.39 is 8.07 Å². The summed E-state index contributed by atoms with van der Waals surface area (Å²) in [5.74, 6) is 0.342. The molecule has 2 unspecified atom stereocenters. The first-order valence-corrected chi connectivity index (χ1v) is 18.6. The van der Waals surface area contributed by atoms with Gasteiger partial charge in [-0.3, -0.25) is 0 Å². The van der Waals surface area contributed by atoms with Gasteiger partial charge in [0.1, 0.15) is 0 Å². The van der Waals surface area contributed by atoms with Gasteiger partial charge < -0.3 is 10.6 Å². The van der Waals surface area contributed by atoms with Gasteiger partial charge in [0.25, 0.3) is 0 Å². The summed E-state index contributed by atoms with van der Waals surface area (Å²) >= 11 is 0. The molecule has 4 aromatic rings. The summed E-state index contributed by atoms with van der Waals surface area (Å²) in [7, 11) is -1.52. The van der Waals surface area contributed by atoms with Crippen molar-refractivity contribution in [3.63, 3.8) is 0 Å². The number of aromatic nitrogens is 1. The lowest BCUT2D eigenvalue weighted by molar-refractivity contribution is -0.717. The van der Waals surface area contributed by atoms with Crippen LogP contribution < -0.4 is 20.4 Å². The van der Waals surface area contributed by atoms with Gasteiger partial charge in [0.2, 0.25) is 5.69 Å². The van der Waals surface area contributed by atoms with Crippen molar-refractivity contribution in [3.8, 4) is 11.3 Å². The Bertz CT molecular complexity index is 1600. The topological polar surface area (TPSA) is 27.9 Å². The largest absolute Gasteiger partial charge is 0.358 e. The highest BCUT2D eigenvalue weighted by Gasteiger charge is 2.40. The minimum atomic E-state index is -1.52. The van der Waals surface area contributed by atoms with Crippen LogP contribution in [0.5, 0.6) is 0 Å². The van der Waals surface area contributed by atoms with E-state index in [4.69, 9.17) is 0 Å². The van der Waals surface area contributed by atoms with Crippen molar-refractivity contribution in [2.75, 3.05) is 10.6 Å². The summed E-state index contributed by atoms with van der Waals surface area (Å²) in [4.78, 5) is 0. The molecule has 0 spiro atoms. The molecule has 2 heterocycles. The van der Waals surface area contributed by atoms with Crippen molar-refractivity contribution in [2.45, 2.75) is 57.8 Å². The molecule has 1 aliphatic heterocycles. The maximum Gasteiger partial charge on any atom is 0.213 e. The van der Waals surface area contributed by atoms with Crippen LogP contribution in [-0.4, -0.2) is 8.07 Å². The van der Waals surface area contributed by atoms with Crippen LogP contribution in [0.4, 0.5) is 17.1 Å². The zero-order valence-electron chi connectivity index (χ0n) is 25.5. The summed E-state index contributed by atoms with van der Waals surface area (Å²) in [5, 5.41) is 8.74. The number of benzene rings is 3. The zero-order valence-corrected chi connectivity index (χ0v) is 26.5. The number of rotatable bonds is 11. The number of anilines is 3. The molecule has 0 aliphatic carbocycles. The van der Waals surface area contributed by atoms with Crippen molar-refractivity contribution in [2.24, 2.45) is 0 Å². The molecule has 214 valence electrons. The van der Waals surface area contributed by atoms with Crippen molar-refractivity contribution < 1.29 is 4.57 Å². The molecule has 2 atom stereocenters. The van der Waals surface area contributed by atoms with Gasteiger partial charge in [0.15, 0.2) is 12.2 Å². The minimum absolute atomic E-state index is 0.235. The molecule has 1 aromatic heterocycles. The Labute approximate surface area is 253 Å². The lowest BCUT2D eigenvalue weighted by Crippen LogP contribution is -2.52. The van der Waals surface area contributed by atoms with Crippen molar-refractivity contribution in [1.82, 2.24) is 0 Å². The lowest BCUT2D eigenvalue weighted by atomic mass is 9.78. The van der Waals surface area contributed by atoms with E-state index in [0.29, 0.717) is 5.92 Å². The van der Waals surface area contributed by atoms with Gasteiger partial charge in [0.05, 0.1) is 19.4 Å². The summed E-state index contributed by atoms with van der Waals surface area (Å²) in [5.41, 5.74) is 9.37. The molecule has 0 bridgehead atoms. The average molecular weight is 571 g/mol. The molecule has 2 N–H and O–H groups in total. The third-order valence-corrected chi connectivity index (χ3v) is 10.3. The normalized spacial score (nSPS) is 16.0. The van der Waals surface area contributed by atoms with Crippen LogP contribution in [-0.2, 0) is 0 Å². The molecule has 3 aromatic carbocycles. The molecular formula is C38H44N3Si+. The molecule has 0 amide bonds. The first-order valence-electron chi connectivity index (χ1n) is 15.1. The van der Waals surface area contributed by atoms with Gasteiger partial charge in [-0.2, -0.15) is 4.57 Å². The molecule has 5 rings (SSSR count). The van der Waals surface area contributed by atoms with E-state index in [0.717, 1.165) is 42.0 Å². The molecule has 42 heavy (non-hydrogen) atoms. The number of nitrogens with one attached hydrogen (secondary N) is 2. The van der Waals surface area contributed by atoms with E-state index in [1.165, 1.54) is 27.6 Å². The molecule has 3 nitrogen and oxygen atoms in total. The highest BCUT2D eigenvalue weighted by molar-refractivity contribution is 6.88. The smallest absolute Gasteiger partial charge is 0.213 e. The van der Waals surface area contributed by atoms with Gasteiger partial charge in [-0.15, -0.1) is 0 Å². The van der Waals surface area contributed by atoms with Crippen LogP contribution in [0.1, 0.15) is 43.7 Å². The highest BCUT2D eigenvalue weighted by atomic mass is 28.3. The van der Waals surface area contributed by atoms with Gasteiger partial charge in [-0.25, -0.2) is 0 Å². The van der Waals surface area contributed by atoms with Gasteiger partial charge in [0, 0.05) is 40.5 Å². The SMILES string of the molecule is C=C(/C=C\C)CCC1c2ccccc2-c2ccc([Si](C)(C)C)c[n+]2C1CC(=C)Nc1ccccc1Nc1ccccc1. The lowest BCUT2D eigenvalue weighted by Gasteiger charge is -2.32. The summed E-state index contributed by atoms with van der Waals surface area (Å²) < 4.78 is 2.57. The Morgan fingerprint density at radius 2 is 1.55 bits per heavy atom. The maximum absolute atomic E-state index is 4.58. The second kappa shape index (κ2) is 12.8. The van der Waals surface area contributed by atoms with Crippen LogP contribution in [0.2, 0.25) is 19.6 Å². The minimum Gasteiger partial charge on any atom is -0.358 e. The summed E-state index contributed by atoms with van der Waals surface area (Å²) in [6.07, 6.45) is 9.51. The van der Waals surface area contributed by atoms with Crippen LogP contribution in [0.15, 0.2) is 134 Å². The number of para-hydroxylation sites is 3. The zero-order chi connectivity index (χ0) is 29.7. The number of nitrogens with zero attached hydrogens (tertiary/aromatic N) is 1. The van der Waals surface area contributed by atoms with Crippen LogP contribution in [0.3, 0.4) is 0 Å². The molecule has 1 aliphatic rings. The van der Waals surface area contributed by atoms with Gasteiger partial charge >= 0.3 is 0 Å². The summed E-state index contributed by atoms with van der Waals surface area (Å²) in [6, 6.07) is 32.6. The van der Waals surface area contributed by atoms with E-state index >= 15 is 0 Å². The van der Waals surface area contributed by atoms with Crippen LogP contribution >= 0.6 is 0 Å².